The van der Waals surface area contributed by atoms with Crippen LogP contribution in [0.5, 0.6) is 0 Å². The number of hydrogen-bond acceptors (Lipinski definition) is 5. The summed E-state index contributed by atoms with van der Waals surface area (Å²) in [5.41, 5.74) is 6.40. The first kappa shape index (κ1) is 20.2. The van der Waals surface area contributed by atoms with E-state index >= 15 is 0 Å². The van der Waals surface area contributed by atoms with Gasteiger partial charge in [-0.25, -0.2) is 9.18 Å². The molecule has 1 aliphatic heterocycles. The summed E-state index contributed by atoms with van der Waals surface area (Å²) in [6, 6.07) is 5.78. The Labute approximate surface area is 174 Å². The third-order valence-electron chi connectivity index (χ3n) is 5.70. The summed E-state index contributed by atoms with van der Waals surface area (Å²) in [6.07, 6.45) is 4.35. The molecule has 2 atom stereocenters. The number of hydrogen-bond donors (Lipinski definition) is 2. The number of halogens is 1. The molecule has 0 unspecified atom stereocenters. The summed E-state index contributed by atoms with van der Waals surface area (Å²) in [5.74, 6) is 0.0309. The second-order valence-corrected chi connectivity index (χ2v) is 8.17. The number of benzene rings is 1. The van der Waals surface area contributed by atoms with E-state index in [9.17, 15) is 14.0 Å². The molecule has 3 N–H and O–H groups in total. The molecule has 4 rings (SSSR count). The molecule has 1 aliphatic carbocycles. The van der Waals surface area contributed by atoms with Crippen molar-refractivity contribution in [1.82, 2.24) is 14.7 Å². The molecule has 1 saturated carbocycles. The Balaban J connectivity index is 1.44. The molecule has 1 aromatic heterocycles. The molecule has 2 amide bonds. The van der Waals surface area contributed by atoms with Crippen molar-refractivity contribution in [2.24, 2.45) is 17.6 Å². The van der Waals surface area contributed by atoms with E-state index in [1.165, 1.54) is 12.1 Å². The molecule has 2 fully saturated rings. The van der Waals surface area contributed by atoms with Crippen molar-refractivity contribution in [3.8, 4) is 0 Å². The number of ether oxygens (including phenoxy) is 1. The molecule has 9 heteroatoms. The number of piperidine rings is 1. The van der Waals surface area contributed by atoms with E-state index in [0.717, 1.165) is 12.8 Å². The van der Waals surface area contributed by atoms with E-state index in [1.54, 1.807) is 27.9 Å². The van der Waals surface area contributed by atoms with Crippen molar-refractivity contribution in [2.45, 2.75) is 32.2 Å². The van der Waals surface area contributed by atoms with E-state index in [4.69, 9.17) is 10.5 Å². The van der Waals surface area contributed by atoms with E-state index in [1.807, 2.05) is 6.92 Å². The van der Waals surface area contributed by atoms with Gasteiger partial charge in [0.15, 0.2) is 5.82 Å². The van der Waals surface area contributed by atoms with Gasteiger partial charge in [-0.2, -0.15) is 5.10 Å². The molecule has 2 heterocycles. The summed E-state index contributed by atoms with van der Waals surface area (Å²) < 4.78 is 20.3. The zero-order chi connectivity index (χ0) is 21.3. The first-order valence-electron chi connectivity index (χ1n) is 10.2. The minimum absolute atomic E-state index is 0.0133. The first-order chi connectivity index (χ1) is 14.4. The van der Waals surface area contributed by atoms with Crippen LogP contribution in [0.15, 0.2) is 30.5 Å². The SMILES string of the molecule is C[C@@H]1CN(C(=O)OCC2CC2)CC[C@H]1n1cc(C(N)=O)c(Nc2ccc(F)cc2)n1. The fourth-order valence-electron chi connectivity index (χ4n) is 3.76. The number of likely N-dealkylation sites (tertiary alicyclic amines) is 1. The fraction of sp³-hybridized carbons (Fsp3) is 0.476. The van der Waals surface area contributed by atoms with Gasteiger partial charge in [-0.05, 0) is 55.4 Å². The zero-order valence-corrected chi connectivity index (χ0v) is 16.9. The van der Waals surface area contributed by atoms with Gasteiger partial charge in [-0.15, -0.1) is 0 Å². The van der Waals surface area contributed by atoms with E-state index < -0.39 is 5.91 Å². The maximum Gasteiger partial charge on any atom is 0.409 e. The largest absolute Gasteiger partial charge is 0.449 e. The molecule has 0 spiro atoms. The Morgan fingerprint density at radius 3 is 2.63 bits per heavy atom. The molecule has 160 valence electrons. The number of aromatic nitrogens is 2. The average molecular weight is 415 g/mol. The minimum atomic E-state index is -0.598. The summed E-state index contributed by atoms with van der Waals surface area (Å²) in [4.78, 5) is 25.9. The summed E-state index contributed by atoms with van der Waals surface area (Å²) in [7, 11) is 0. The Hall–Kier alpha value is -3.10. The van der Waals surface area contributed by atoms with Crippen molar-refractivity contribution in [2.75, 3.05) is 25.0 Å². The number of rotatable bonds is 6. The Bertz CT molecular complexity index is 925. The minimum Gasteiger partial charge on any atom is -0.449 e. The molecule has 1 aromatic carbocycles. The van der Waals surface area contributed by atoms with E-state index in [0.29, 0.717) is 43.5 Å². The van der Waals surface area contributed by atoms with Crippen molar-refractivity contribution in [1.29, 1.82) is 0 Å². The van der Waals surface area contributed by atoms with E-state index in [-0.39, 0.29) is 29.4 Å². The van der Waals surface area contributed by atoms with Gasteiger partial charge in [-0.3, -0.25) is 9.48 Å². The summed E-state index contributed by atoms with van der Waals surface area (Å²) in [6.45, 7) is 3.67. The van der Waals surface area contributed by atoms with Crippen LogP contribution >= 0.6 is 0 Å². The number of nitrogens with two attached hydrogens (primary N) is 1. The maximum atomic E-state index is 13.1. The van der Waals surface area contributed by atoms with Crippen LogP contribution in [-0.2, 0) is 4.74 Å². The van der Waals surface area contributed by atoms with Gasteiger partial charge in [0.1, 0.15) is 11.4 Å². The maximum absolute atomic E-state index is 13.1. The van der Waals surface area contributed by atoms with Crippen LogP contribution in [0.1, 0.15) is 42.6 Å². The lowest BCUT2D eigenvalue weighted by Crippen LogP contribution is -2.44. The smallest absolute Gasteiger partial charge is 0.409 e. The number of anilines is 2. The quantitative estimate of drug-likeness (QED) is 0.754. The lowest BCUT2D eigenvalue weighted by molar-refractivity contribution is 0.0692. The number of carbonyl (C=O) groups excluding carboxylic acids is 2. The highest BCUT2D eigenvalue weighted by atomic mass is 19.1. The molecule has 30 heavy (non-hydrogen) atoms. The monoisotopic (exact) mass is 415 g/mol. The van der Waals surface area contributed by atoms with Crippen LogP contribution in [-0.4, -0.2) is 46.4 Å². The van der Waals surface area contributed by atoms with Crippen LogP contribution in [0, 0.1) is 17.7 Å². The van der Waals surface area contributed by atoms with Crippen molar-refractivity contribution < 1.29 is 18.7 Å². The number of amides is 2. The third kappa shape index (κ3) is 4.55. The van der Waals surface area contributed by atoms with Gasteiger partial charge >= 0.3 is 6.09 Å². The van der Waals surface area contributed by atoms with Gasteiger partial charge in [0, 0.05) is 25.0 Å². The first-order valence-corrected chi connectivity index (χ1v) is 10.2. The van der Waals surface area contributed by atoms with Crippen LogP contribution < -0.4 is 11.1 Å². The molecule has 2 aliphatic rings. The second-order valence-electron chi connectivity index (χ2n) is 8.17. The summed E-state index contributed by atoms with van der Waals surface area (Å²) >= 11 is 0. The topological polar surface area (TPSA) is 102 Å². The molecule has 0 radical (unpaired) electrons. The molecule has 0 bridgehead atoms. The van der Waals surface area contributed by atoms with Gasteiger partial charge in [-0.1, -0.05) is 6.92 Å². The predicted molar refractivity (Wildman–Crippen MR) is 109 cm³/mol. The van der Waals surface area contributed by atoms with Crippen molar-refractivity contribution in [3.05, 3.63) is 41.8 Å². The molecule has 2 aromatic rings. The van der Waals surface area contributed by atoms with Crippen LogP contribution in [0.4, 0.5) is 20.7 Å². The summed E-state index contributed by atoms with van der Waals surface area (Å²) in [5, 5.41) is 7.57. The van der Waals surface area contributed by atoms with Gasteiger partial charge < -0.3 is 20.7 Å². The Morgan fingerprint density at radius 2 is 2.00 bits per heavy atom. The third-order valence-corrected chi connectivity index (χ3v) is 5.70. The van der Waals surface area contributed by atoms with Crippen LogP contribution in [0.3, 0.4) is 0 Å². The number of primary amides is 1. The normalized spacial score (nSPS) is 21.3. The van der Waals surface area contributed by atoms with Crippen LogP contribution in [0.25, 0.3) is 0 Å². The van der Waals surface area contributed by atoms with Gasteiger partial charge in [0.25, 0.3) is 5.91 Å². The highest BCUT2D eigenvalue weighted by molar-refractivity contribution is 5.98. The number of nitrogens with one attached hydrogen (secondary N) is 1. The lowest BCUT2D eigenvalue weighted by Gasteiger charge is -2.36. The zero-order valence-electron chi connectivity index (χ0n) is 16.9. The average Bonchev–Trinajstić information content (AvgIpc) is 3.46. The molecule has 8 nitrogen and oxygen atoms in total. The number of nitrogens with zero attached hydrogens (tertiary/aromatic N) is 3. The van der Waals surface area contributed by atoms with Crippen LogP contribution in [0.2, 0.25) is 0 Å². The molecular weight excluding hydrogens is 389 g/mol. The predicted octanol–water partition coefficient (Wildman–Crippen LogP) is 3.29. The molecular formula is C21H26FN5O3. The number of carbonyl (C=O) groups is 2. The standard InChI is InChI=1S/C21H26FN5O3/c1-13-10-26(21(29)30-12-14-2-3-14)9-8-18(13)27-11-17(19(23)28)20(25-27)24-16-6-4-15(22)5-7-16/h4-7,11,13-14,18H,2-3,8-10,12H2,1H3,(H2,23,28)(H,24,25)/t13-,18-/m1/s1. The molecule has 1 saturated heterocycles. The van der Waals surface area contributed by atoms with E-state index in [2.05, 4.69) is 10.4 Å². The van der Waals surface area contributed by atoms with Gasteiger partial charge in [0.2, 0.25) is 0 Å². The Morgan fingerprint density at radius 1 is 1.27 bits per heavy atom. The lowest BCUT2D eigenvalue weighted by atomic mass is 9.94. The van der Waals surface area contributed by atoms with Gasteiger partial charge in [0.05, 0.1) is 12.6 Å². The highest BCUT2D eigenvalue weighted by Crippen LogP contribution is 2.32. The van der Waals surface area contributed by atoms with Crippen molar-refractivity contribution in [3.63, 3.8) is 0 Å². The Kier molecular flexibility index (Phi) is 5.61. The highest BCUT2D eigenvalue weighted by Gasteiger charge is 2.33. The second kappa shape index (κ2) is 8.33. The van der Waals surface area contributed by atoms with Crippen molar-refractivity contribution >= 4 is 23.5 Å². The fourth-order valence-corrected chi connectivity index (χ4v) is 3.76.